The van der Waals surface area contributed by atoms with Crippen LogP contribution in [0.3, 0.4) is 0 Å². The van der Waals surface area contributed by atoms with E-state index in [0.29, 0.717) is 5.75 Å². The zero-order chi connectivity index (χ0) is 14.4. The molecule has 0 aromatic heterocycles. The maximum Gasteiger partial charge on any atom is 0.344 e. The molecule has 1 N–H and O–H groups in total. The van der Waals surface area contributed by atoms with E-state index in [1.54, 1.807) is 13.8 Å². The second-order valence-electron chi connectivity index (χ2n) is 4.00. The number of carbonyl (C=O) groups excluding carboxylic acids is 1. The second-order valence-corrected chi connectivity index (χ2v) is 4.00. The molecule has 0 bridgehead atoms. The summed E-state index contributed by atoms with van der Waals surface area (Å²) in [7, 11) is 1.43. The molecule has 0 atom stereocenters. The van der Waals surface area contributed by atoms with Crippen LogP contribution in [0.5, 0.6) is 11.5 Å². The maximum atomic E-state index is 11.3. The molecule has 6 heteroatoms. The number of carboxylic acid groups (broad SMARTS) is 1. The Morgan fingerprint density at radius 1 is 1.26 bits per heavy atom. The van der Waals surface area contributed by atoms with Gasteiger partial charge in [-0.15, -0.1) is 0 Å². The van der Waals surface area contributed by atoms with Gasteiger partial charge in [0.05, 0.1) is 18.8 Å². The van der Waals surface area contributed by atoms with Crippen molar-refractivity contribution in [3.05, 3.63) is 23.8 Å². The van der Waals surface area contributed by atoms with E-state index >= 15 is 0 Å². The quantitative estimate of drug-likeness (QED) is 0.791. The van der Waals surface area contributed by atoms with E-state index in [2.05, 4.69) is 0 Å². The van der Waals surface area contributed by atoms with Crippen LogP contribution >= 0.6 is 0 Å². The molecule has 0 aliphatic rings. The Morgan fingerprint density at radius 3 is 2.47 bits per heavy atom. The number of hydrogen-bond donors (Lipinski definition) is 1. The number of aromatic carboxylic acids is 1. The maximum absolute atomic E-state index is 11.3. The van der Waals surface area contributed by atoms with Gasteiger partial charge in [0.25, 0.3) is 0 Å². The molecule has 0 amide bonds. The van der Waals surface area contributed by atoms with Crippen LogP contribution < -0.4 is 9.47 Å². The zero-order valence-electron chi connectivity index (χ0n) is 11.0. The minimum atomic E-state index is -1.09. The van der Waals surface area contributed by atoms with Crippen molar-refractivity contribution in [1.82, 2.24) is 0 Å². The topological polar surface area (TPSA) is 82.1 Å². The minimum Gasteiger partial charge on any atom is -0.493 e. The number of rotatable bonds is 6. The highest BCUT2D eigenvalue weighted by molar-refractivity contribution is 5.88. The van der Waals surface area contributed by atoms with Gasteiger partial charge in [0.15, 0.2) is 18.1 Å². The SMILES string of the molecule is COc1ccc(C(=O)O)cc1OCC(=O)OC(C)C. The summed E-state index contributed by atoms with van der Waals surface area (Å²) in [6, 6.07) is 4.15. The number of methoxy groups -OCH3 is 1. The first-order chi connectivity index (χ1) is 8.93. The fourth-order valence-electron chi connectivity index (χ4n) is 1.36. The largest absolute Gasteiger partial charge is 0.493 e. The molecule has 0 fully saturated rings. The Hall–Kier alpha value is -2.24. The van der Waals surface area contributed by atoms with Crippen molar-refractivity contribution >= 4 is 11.9 Å². The lowest BCUT2D eigenvalue weighted by atomic mass is 10.2. The Kier molecular flexibility index (Phi) is 5.17. The monoisotopic (exact) mass is 268 g/mol. The van der Waals surface area contributed by atoms with Gasteiger partial charge in [0, 0.05) is 0 Å². The second kappa shape index (κ2) is 6.63. The molecule has 1 aromatic carbocycles. The Balaban J connectivity index is 2.78. The smallest absolute Gasteiger partial charge is 0.344 e. The van der Waals surface area contributed by atoms with Crippen LogP contribution in [0.1, 0.15) is 24.2 Å². The summed E-state index contributed by atoms with van der Waals surface area (Å²) < 4.78 is 15.1. The van der Waals surface area contributed by atoms with Crippen molar-refractivity contribution in [2.24, 2.45) is 0 Å². The van der Waals surface area contributed by atoms with Gasteiger partial charge in [0.1, 0.15) is 0 Å². The number of esters is 1. The van der Waals surface area contributed by atoms with Gasteiger partial charge in [-0.05, 0) is 32.0 Å². The molecule has 0 saturated heterocycles. The van der Waals surface area contributed by atoms with Crippen LogP contribution in [0.15, 0.2) is 18.2 Å². The van der Waals surface area contributed by atoms with E-state index in [-0.39, 0.29) is 24.0 Å². The summed E-state index contributed by atoms with van der Waals surface area (Å²) in [4.78, 5) is 22.2. The first kappa shape index (κ1) is 14.8. The summed E-state index contributed by atoms with van der Waals surface area (Å²) in [6.45, 7) is 3.14. The molecule has 0 aliphatic heterocycles. The van der Waals surface area contributed by atoms with Gasteiger partial charge < -0.3 is 19.3 Å². The van der Waals surface area contributed by atoms with Crippen LogP contribution in [0.25, 0.3) is 0 Å². The number of benzene rings is 1. The van der Waals surface area contributed by atoms with Crippen molar-refractivity contribution in [3.8, 4) is 11.5 Å². The highest BCUT2D eigenvalue weighted by Crippen LogP contribution is 2.28. The van der Waals surface area contributed by atoms with Crippen molar-refractivity contribution in [3.63, 3.8) is 0 Å². The molecule has 0 heterocycles. The van der Waals surface area contributed by atoms with Crippen LogP contribution in [-0.4, -0.2) is 36.9 Å². The van der Waals surface area contributed by atoms with Gasteiger partial charge in [-0.25, -0.2) is 9.59 Å². The Labute approximate surface area is 110 Å². The van der Waals surface area contributed by atoms with Gasteiger partial charge in [0.2, 0.25) is 0 Å². The average molecular weight is 268 g/mol. The number of ether oxygens (including phenoxy) is 3. The standard InChI is InChI=1S/C13H16O6/c1-8(2)19-12(14)7-18-11-6-9(13(15)16)4-5-10(11)17-3/h4-6,8H,7H2,1-3H3,(H,15,16). The zero-order valence-corrected chi connectivity index (χ0v) is 11.0. The normalized spacial score (nSPS) is 10.1. The molecule has 0 radical (unpaired) electrons. The third-order valence-electron chi connectivity index (χ3n) is 2.12. The summed E-state index contributed by atoms with van der Waals surface area (Å²) >= 11 is 0. The lowest BCUT2D eigenvalue weighted by molar-refractivity contribution is -0.149. The van der Waals surface area contributed by atoms with E-state index in [9.17, 15) is 9.59 Å². The average Bonchev–Trinajstić information content (AvgIpc) is 2.35. The lowest BCUT2D eigenvalue weighted by Crippen LogP contribution is -2.19. The molecular weight excluding hydrogens is 252 g/mol. The van der Waals surface area contributed by atoms with Crippen LogP contribution in [0.4, 0.5) is 0 Å². The van der Waals surface area contributed by atoms with Crippen molar-refractivity contribution in [2.75, 3.05) is 13.7 Å². The summed E-state index contributed by atoms with van der Waals surface area (Å²) in [6.07, 6.45) is -0.233. The van der Waals surface area contributed by atoms with E-state index in [4.69, 9.17) is 19.3 Å². The number of carboxylic acids is 1. The third kappa shape index (κ3) is 4.50. The van der Waals surface area contributed by atoms with E-state index in [1.807, 2.05) is 0 Å². The van der Waals surface area contributed by atoms with Gasteiger partial charge >= 0.3 is 11.9 Å². The first-order valence-electron chi connectivity index (χ1n) is 5.67. The van der Waals surface area contributed by atoms with E-state index in [1.165, 1.54) is 25.3 Å². The highest BCUT2D eigenvalue weighted by atomic mass is 16.6. The molecule has 0 spiro atoms. The molecule has 0 unspecified atom stereocenters. The Bertz CT molecular complexity index is 466. The molecule has 0 saturated carbocycles. The molecule has 19 heavy (non-hydrogen) atoms. The predicted octanol–water partition coefficient (Wildman–Crippen LogP) is 1.72. The van der Waals surface area contributed by atoms with Gasteiger partial charge in [-0.2, -0.15) is 0 Å². The predicted molar refractivity (Wildman–Crippen MR) is 66.7 cm³/mol. The van der Waals surface area contributed by atoms with Crippen molar-refractivity contribution < 1.29 is 28.9 Å². The van der Waals surface area contributed by atoms with E-state index in [0.717, 1.165) is 0 Å². The van der Waals surface area contributed by atoms with Crippen LogP contribution in [0, 0.1) is 0 Å². The fraction of sp³-hybridized carbons (Fsp3) is 0.385. The molecule has 0 aliphatic carbocycles. The molecule has 1 aromatic rings. The highest BCUT2D eigenvalue weighted by Gasteiger charge is 2.12. The third-order valence-corrected chi connectivity index (χ3v) is 2.12. The summed E-state index contributed by atoms with van der Waals surface area (Å²) in [5.74, 6) is -1.08. The number of carbonyl (C=O) groups is 2. The van der Waals surface area contributed by atoms with Crippen molar-refractivity contribution in [2.45, 2.75) is 20.0 Å². The number of hydrogen-bond acceptors (Lipinski definition) is 5. The van der Waals surface area contributed by atoms with Gasteiger partial charge in [-0.3, -0.25) is 0 Å². The fourth-order valence-corrected chi connectivity index (χ4v) is 1.36. The van der Waals surface area contributed by atoms with E-state index < -0.39 is 11.9 Å². The summed E-state index contributed by atoms with van der Waals surface area (Å²) in [5.41, 5.74) is 0.0491. The lowest BCUT2D eigenvalue weighted by Gasteiger charge is -2.12. The van der Waals surface area contributed by atoms with Crippen LogP contribution in [0.2, 0.25) is 0 Å². The first-order valence-corrected chi connectivity index (χ1v) is 5.67. The van der Waals surface area contributed by atoms with Crippen molar-refractivity contribution in [1.29, 1.82) is 0 Å². The molecular formula is C13H16O6. The molecule has 104 valence electrons. The van der Waals surface area contributed by atoms with Crippen LogP contribution in [-0.2, 0) is 9.53 Å². The molecule has 6 nitrogen and oxygen atoms in total. The summed E-state index contributed by atoms with van der Waals surface area (Å²) in [5, 5.41) is 8.88. The Morgan fingerprint density at radius 2 is 1.95 bits per heavy atom. The van der Waals surface area contributed by atoms with Gasteiger partial charge in [-0.1, -0.05) is 0 Å². The molecule has 1 rings (SSSR count). The minimum absolute atomic E-state index is 0.0491.